The molecule has 1 aromatic carbocycles. The minimum Gasteiger partial charge on any atom is -0.435 e. The molecule has 144 valence electrons. The fourth-order valence-corrected chi connectivity index (χ4v) is 3.58. The van der Waals surface area contributed by atoms with Gasteiger partial charge in [-0.15, -0.1) is 0 Å². The van der Waals surface area contributed by atoms with Crippen LogP contribution in [0.3, 0.4) is 0 Å². The van der Waals surface area contributed by atoms with Crippen LogP contribution in [0.1, 0.15) is 31.4 Å². The normalized spacial score (nSPS) is 25.2. The SMILES string of the molecule is CC1(CNC(=O)C2CNNC2c2cccc(OC(F)F)c2)CCNCC1. The van der Waals surface area contributed by atoms with Crippen molar-refractivity contribution < 1.29 is 18.3 Å². The first-order valence-electron chi connectivity index (χ1n) is 8.98. The Kier molecular flexibility index (Phi) is 6.05. The van der Waals surface area contributed by atoms with E-state index in [-0.39, 0.29) is 29.0 Å². The highest BCUT2D eigenvalue weighted by Gasteiger charge is 2.35. The van der Waals surface area contributed by atoms with Crippen molar-refractivity contribution in [2.24, 2.45) is 11.3 Å². The number of amides is 1. The molecular formula is C18H26F2N4O2. The third kappa shape index (κ3) is 4.69. The quantitative estimate of drug-likeness (QED) is 0.613. The van der Waals surface area contributed by atoms with Crippen LogP contribution in [0.5, 0.6) is 5.75 Å². The summed E-state index contributed by atoms with van der Waals surface area (Å²) >= 11 is 0. The second kappa shape index (κ2) is 8.28. The van der Waals surface area contributed by atoms with Crippen molar-refractivity contribution in [1.29, 1.82) is 0 Å². The summed E-state index contributed by atoms with van der Waals surface area (Å²) in [7, 11) is 0. The summed E-state index contributed by atoms with van der Waals surface area (Å²) in [4.78, 5) is 12.7. The van der Waals surface area contributed by atoms with Crippen LogP contribution in [-0.2, 0) is 4.79 Å². The van der Waals surface area contributed by atoms with Gasteiger partial charge in [0.05, 0.1) is 12.0 Å². The van der Waals surface area contributed by atoms with Crippen LogP contribution in [0.25, 0.3) is 0 Å². The first-order chi connectivity index (χ1) is 12.5. The molecule has 6 nitrogen and oxygen atoms in total. The van der Waals surface area contributed by atoms with E-state index < -0.39 is 6.61 Å². The zero-order valence-corrected chi connectivity index (χ0v) is 14.9. The molecule has 2 fully saturated rings. The molecule has 2 heterocycles. The van der Waals surface area contributed by atoms with Crippen molar-refractivity contribution in [3.05, 3.63) is 29.8 Å². The van der Waals surface area contributed by atoms with Crippen LogP contribution in [0.15, 0.2) is 24.3 Å². The summed E-state index contributed by atoms with van der Waals surface area (Å²) in [6.45, 7) is 2.39. The van der Waals surface area contributed by atoms with Gasteiger partial charge in [-0.05, 0) is 49.0 Å². The van der Waals surface area contributed by atoms with Gasteiger partial charge in [0.25, 0.3) is 0 Å². The molecule has 2 unspecified atom stereocenters. The van der Waals surface area contributed by atoms with Gasteiger partial charge < -0.3 is 15.4 Å². The van der Waals surface area contributed by atoms with E-state index in [1.165, 1.54) is 6.07 Å². The van der Waals surface area contributed by atoms with E-state index in [0.29, 0.717) is 13.1 Å². The first kappa shape index (κ1) is 19.0. The average Bonchev–Trinajstić information content (AvgIpc) is 3.10. The summed E-state index contributed by atoms with van der Waals surface area (Å²) in [6, 6.07) is 6.18. The third-order valence-electron chi connectivity index (χ3n) is 5.26. The van der Waals surface area contributed by atoms with Gasteiger partial charge in [-0.2, -0.15) is 8.78 Å². The van der Waals surface area contributed by atoms with Gasteiger partial charge in [-0.1, -0.05) is 19.1 Å². The molecule has 0 aliphatic carbocycles. The lowest BCUT2D eigenvalue weighted by Crippen LogP contribution is -2.45. The predicted molar refractivity (Wildman–Crippen MR) is 93.7 cm³/mol. The third-order valence-corrected chi connectivity index (χ3v) is 5.26. The Hall–Kier alpha value is -1.77. The molecule has 3 rings (SSSR count). The van der Waals surface area contributed by atoms with E-state index >= 15 is 0 Å². The van der Waals surface area contributed by atoms with Crippen molar-refractivity contribution >= 4 is 5.91 Å². The summed E-state index contributed by atoms with van der Waals surface area (Å²) in [6.07, 6.45) is 2.07. The molecule has 0 aromatic heterocycles. The highest BCUT2D eigenvalue weighted by atomic mass is 19.3. The molecule has 1 aromatic rings. The van der Waals surface area contributed by atoms with Crippen LogP contribution >= 0.6 is 0 Å². The number of benzene rings is 1. The smallest absolute Gasteiger partial charge is 0.387 e. The van der Waals surface area contributed by atoms with Gasteiger partial charge >= 0.3 is 6.61 Å². The summed E-state index contributed by atoms with van der Waals surface area (Å²) < 4.78 is 29.3. The number of carbonyl (C=O) groups excluding carboxylic acids is 1. The lowest BCUT2D eigenvalue weighted by atomic mass is 9.81. The number of carbonyl (C=O) groups is 1. The van der Waals surface area contributed by atoms with Crippen LogP contribution in [0.4, 0.5) is 8.78 Å². The lowest BCUT2D eigenvalue weighted by Gasteiger charge is -2.34. The summed E-state index contributed by atoms with van der Waals surface area (Å²) in [5.41, 5.74) is 6.92. The number of ether oxygens (including phenoxy) is 1. The van der Waals surface area contributed by atoms with E-state index in [9.17, 15) is 13.6 Å². The standard InChI is InChI=1S/C18H26F2N4O2/c1-18(5-7-21-8-6-18)11-22-16(25)14-10-23-24-15(14)12-3-2-4-13(9-12)26-17(19)20/h2-4,9,14-15,17,21,23-24H,5-8,10-11H2,1H3,(H,22,25). The Labute approximate surface area is 152 Å². The highest BCUT2D eigenvalue weighted by molar-refractivity contribution is 5.80. The van der Waals surface area contributed by atoms with Crippen LogP contribution < -0.4 is 26.2 Å². The molecule has 8 heteroatoms. The minimum absolute atomic E-state index is 0.0348. The van der Waals surface area contributed by atoms with Gasteiger partial charge in [0, 0.05) is 13.1 Å². The molecule has 0 bridgehead atoms. The molecule has 2 saturated heterocycles. The molecule has 4 N–H and O–H groups in total. The van der Waals surface area contributed by atoms with Gasteiger partial charge in [-0.3, -0.25) is 10.2 Å². The maximum absolute atomic E-state index is 12.7. The predicted octanol–water partition coefficient (Wildman–Crippen LogP) is 1.56. The summed E-state index contributed by atoms with van der Waals surface area (Å²) in [5.74, 6) is -0.262. The number of piperidine rings is 1. The van der Waals surface area contributed by atoms with Gasteiger partial charge in [0.1, 0.15) is 5.75 Å². The van der Waals surface area contributed by atoms with Gasteiger partial charge in [0.2, 0.25) is 5.91 Å². The lowest BCUT2D eigenvalue weighted by molar-refractivity contribution is -0.125. The Balaban J connectivity index is 1.63. The number of alkyl halides is 2. The van der Waals surface area contributed by atoms with Crippen molar-refractivity contribution in [3.63, 3.8) is 0 Å². The van der Waals surface area contributed by atoms with Crippen molar-refractivity contribution in [3.8, 4) is 5.75 Å². The Bertz CT molecular complexity index is 623. The molecule has 0 spiro atoms. The maximum Gasteiger partial charge on any atom is 0.387 e. The largest absolute Gasteiger partial charge is 0.435 e. The minimum atomic E-state index is -2.87. The number of halogens is 2. The van der Waals surface area contributed by atoms with Crippen molar-refractivity contribution in [2.75, 3.05) is 26.2 Å². The number of hydrogen-bond donors (Lipinski definition) is 4. The number of hydrazine groups is 1. The Morgan fingerprint density at radius 1 is 1.38 bits per heavy atom. The van der Waals surface area contributed by atoms with E-state index in [1.54, 1.807) is 18.2 Å². The molecule has 2 aliphatic heterocycles. The summed E-state index contributed by atoms with van der Waals surface area (Å²) in [5, 5.41) is 6.42. The van der Waals surface area contributed by atoms with E-state index in [0.717, 1.165) is 31.5 Å². The Morgan fingerprint density at radius 3 is 2.88 bits per heavy atom. The topological polar surface area (TPSA) is 74.4 Å². The zero-order valence-electron chi connectivity index (χ0n) is 14.9. The van der Waals surface area contributed by atoms with E-state index in [4.69, 9.17) is 0 Å². The number of hydrogen-bond acceptors (Lipinski definition) is 5. The van der Waals surface area contributed by atoms with Crippen LogP contribution in [-0.4, -0.2) is 38.7 Å². The highest BCUT2D eigenvalue weighted by Crippen LogP contribution is 2.30. The Morgan fingerprint density at radius 2 is 2.15 bits per heavy atom. The molecule has 0 saturated carbocycles. The molecule has 26 heavy (non-hydrogen) atoms. The molecule has 1 amide bonds. The molecule has 0 radical (unpaired) electrons. The van der Waals surface area contributed by atoms with Gasteiger partial charge in [-0.25, -0.2) is 5.43 Å². The number of rotatable bonds is 6. The zero-order chi connectivity index (χ0) is 18.6. The van der Waals surface area contributed by atoms with Crippen LogP contribution in [0, 0.1) is 11.3 Å². The molecule has 2 aliphatic rings. The van der Waals surface area contributed by atoms with E-state index in [1.807, 2.05) is 0 Å². The van der Waals surface area contributed by atoms with Gasteiger partial charge in [0.15, 0.2) is 0 Å². The van der Waals surface area contributed by atoms with Crippen molar-refractivity contribution in [2.45, 2.75) is 32.4 Å². The maximum atomic E-state index is 12.7. The average molecular weight is 368 g/mol. The van der Waals surface area contributed by atoms with E-state index in [2.05, 4.69) is 33.1 Å². The second-order valence-corrected chi connectivity index (χ2v) is 7.34. The second-order valence-electron chi connectivity index (χ2n) is 7.34. The number of nitrogens with one attached hydrogen (secondary N) is 4. The molecular weight excluding hydrogens is 342 g/mol. The monoisotopic (exact) mass is 368 g/mol. The van der Waals surface area contributed by atoms with Crippen molar-refractivity contribution in [1.82, 2.24) is 21.5 Å². The first-order valence-corrected chi connectivity index (χ1v) is 8.98. The fourth-order valence-electron chi connectivity index (χ4n) is 3.58. The molecule has 2 atom stereocenters. The fraction of sp³-hybridized carbons (Fsp3) is 0.611. The van der Waals surface area contributed by atoms with Crippen LogP contribution in [0.2, 0.25) is 0 Å².